The third kappa shape index (κ3) is 3.31. The molecule has 0 aromatic carbocycles. The highest BCUT2D eigenvalue weighted by Crippen LogP contribution is 2.34. The Morgan fingerprint density at radius 3 is 2.70 bits per heavy atom. The zero-order valence-electron chi connectivity index (χ0n) is 13.2. The Kier molecular flexibility index (Phi) is 4.51. The SMILES string of the molecule is Cc1nc([N+](=O)[O-])c(N2CCC(Sc3ccccn3)CC2)n1C. The minimum atomic E-state index is -0.392. The molecule has 23 heavy (non-hydrogen) atoms. The van der Waals surface area contributed by atoms with Crippen LogP contribution in [0, 0.1) is 17.0 Å². The van der Waals surface area contributed by atoms with E-state index in [2.05, 4.69) is 14.9 Å². The molecule has 0 spiro atoms. The molecule has 0 amide bonds. The van der Waals surface area contributed by atoms with Crippen molar-refractivity contribution in [3.63, 3.8) is 0 Å². The Morgan fingerprint density at radius 2 is 2.09 bits per heavy atom. The van der Waals surface area contributed by atoms with E-state index in [1.165, 1.54) is 0 Å². The zero-order chi connectivity index (χ0) is 16.4. The van der Waals surface area contributed by atoms with Crippen molar-refractivity contribution in [3.05, 3.63) is 40.3 Å². The summed E-state index contributed by atoms with van der Waals surface area (Å²) >= 11 is 1.79. The average Bonchev–Trinajstić information content (AvgIpc) is 2.85. The molecule has 1 aliphatic rings. The molecule has 1 aliphatic heterocycles. The molecule has 2 aromatic rings. The standard InChI is InChI=1S/C15H19N5O2S/c1-11-17-14(20(21)22)15(18(11)2)19-9-6-12(7-10-19)23-13-5-3-4-8-16-13/h3-5,8,12H,6-7,9-10H2,1-2H3. The second-order valence-electron chi connectivity index (χ2n) is 5.59. The molecular formula is C15H19N5O2S. The number of hydrogen-bond acceptors (Lipinski definition) is 6. The van der Waals surface area contributed by atoms with Crippen LogP contribution in [0.3, 0.4) is 0 Å². The summed E-state index contributed by atoms with van der Waals surface area (Å²) in [5, 5.41) is 12.8. The molecule has 122 valence electrons. The number of imidazole rings is 1. The largest absolute Gasteiger partial charge is 0.406 e. The molecule has 8 heteroatoms. The van der Waals surface area contributed by atoms with Crippen molar-refractivity contribution in [2.75, 3.05) is 18.0 Å². The molecule has 1 fully saturated rings. The lowest BCUT2D eigenvalue weighted by Crippen LogP contribution is -2.36. The topological polar surface area (TPSA) is 77.1 Å². The molecule has 3 rings (SSSR count). The molecule has 3 heterocycles. The smallest absolute Gasteiger partial charge is 0.358 e. The van der Waals surface area contributed by atoms with Gasteiger partial charge in [-0.1, -0.05) is 6.07 Å². The number of anilines is 1. The van der Waals surface area contributed by atoms with Crippen molar-refractivity contribution in [2.24, 2.45) is 7.05 Å². The van der Waals surface area contributed by atoms with Crippen LogP contribution in [0.5, 0.6) is 0 Å². The Hall–Kier alpha value is -2.09. The minimum absolute atomic E-state index is 0.0409. The van der Waals surface area contributed by atoms with Crippen molar-refractivity contribution >= 4 is 23.4 Å². The van der Waals surface area contributed by atoms with Crippen LogP contribution in [0.25, 0.3) is 0 Å². The number of thioether (sulfide) groups is 1. The van der Waals surface area contributed by atoms with Gasteiger partial charge in [0.1, 0.15) is 0 Å². The van der Waals surface area contributed by atoms with E-state index < -0.39 is 4.92 Å². The first kappa shape index (κ1) is 15.8. The van der Waals surface area contributed by atoms with E-state index >= 15 is 0 Å². The number of pyridine rings is 1. The van der Waals surface area contributed by atoms with Gasteiger partial charge in [-0.3, -0.25) is 4.57 Å². The fourth-order valence-electron chi connectivity index (χ4n) is 2.83. The fraction of sp³-hybridized carbons (Fsp3) is 0.467. The van der Waals surface area contributed by atoms with E-state index in [1.807, 2.05) is 29.8 Å². The summed E-state index contributed by atoms with van der Waals surface area (Å²) in [6.07, 6.45) is 3.75. The fourth-order valence-corrected chi connectivity index (χ4v) is 3.90. The first-order valence-corrected chi connectivity index (χ1v) is 8.44. The van der Waals surface area contributed by atoms with Gasteiger partial charge in [-0.25, -0.2) is 4.98 Å². The molecule has 1 saturated heterocycles. The predicted octanol–water partition coefficient (Wildman–Crippen LogP) is 2.79. The Balaban J connectivity index is 1.69. The van der Waals surface area contributed by atoms with E-state index in [4.69, 9.17) is 0 Å². The van der Waals surface area contributed by atoms with Gasteiger partial charge in [0.2, 0.25) is 11.6 Å². The average molecular weight is 333 g/mol. The molecule has 0 saturated carbocycles. The van der Waals surface area contributed by atoms with Crippen LogP contribution in [-0.4, -0.2) is 37.8 Å². The molecule has 0 bridgehead atoms. The van der Waals surface area contributed by atoms with Gasteiger partial charge in [0.15, 0.2) is 0 Å². The number of piperidine rings is 1. The number of rotatable bonds is 4. The van der Waals surface area contributed by atoms with Crippen molar-refractivity contribution < 1.29 is 4.92 Å². The van der Waals surface area contributed by atoms with Gasteiger partial charge >= 0.3 is 5.82 Å². The van der Waals surface area contributed by atoms with Crippen LogP contribution in [0.15, 0.2) is 29.4 Å². The van der Waals surface area contributed by atoms with Gasteiger partial charge in [0.25, 0.3) is 0 Å². The summed E-state index contributed by atoms with van der Waals surface area (Å²) in [4.78, 5) is 21.3. The summed E-state index contributed by atoms with van der Waals surface area (Å²) in [5.41, 5.74) is 0. The van der Waals surface area contributed by atoms with E-state index in [9.17, 15) is 10.1 Å². The highest BCUT2D eigenvalue weighted by Gasteiger charge is 2.31. The molecular weight excluding hydrogens is 314 g/mol. The number of nitrogens with zero attached hydrogens (tertiary/aromatic N) is 5. The Morgan fingerprint density at radius 1 is 1.35 bits per heavy atom. The monoisotopic (exact) mass is 333 g/mol. The highest BCUT2D eigenvalue weighted by atomic mass is 32.2. The number of hydrogen-bond donors (Lipinski definition) is 0. The first-order chi connectivity index (χ1) is 11.1. The highest BCUT2D eigenvalue weighted by molar-refractivity contribution is 7.99. The molecule has 0 N–H and O–H groups in total. The van der Waals surface area contributed by atoms with Gasteiger partial charge in [-0.2, -0.15) is 0 Å². The summed E-state index contributed by atoms with van der Waals surface area (Å²) in [5.74, 6) is 1.24. The zero-order valence-corrected chi connectivity index (χ0v) is 14.0. The maximum absolute atomic E-state index is 11.2. The molecule has 0 atom stereocenters. The molecule has 0 unspecified atom stereocenters. The summed E-state index contributed by atoms with van der Waals surface area (Å²) in [7, 11) is 1.83. The lowest BCUT2D eigenvalue weighted by molar-refractivity contribution is -0.388. The van der Waals surface area contributed by atoms with Crippen LogP contribution >= 0.6 is 11.8 Å². The van der Waals surface area contributed by atoms with E-state index in [1.54, 1.807) is 24.9 Å². The predicted molar refractivity (Wildman–Crippen MR) is 89.9 cm³/mol. The van der Waals surface area contributed by atoms with Crippen molar-refractivity contribution in [1.82, 2.24) is 14.5 Å². The van der Waals surface area contributed by atoms with Crippen LogP contribution in [0.1, 0.15) is 18.7 Å². The summed E-state index contributed by atoms with van der Waals surface area (Å²) in [6, 6.07) is 5.93. The second-order valence-corrected chi connectivity index (χ2v) is 6.92. The molecule has 2 aromatic heterocycles. The molecule has 0 aliphatic carbocycles. The van der Waals surface area contributed by atoms with Gasteiger partial charge in [0.05, 0.1) is 5.03 Å². The normalized spacial score (nSPS) is 15.8. The van der Waals surface area contributed by atoms with Crippen molar-refractivity contribution in [3.8, 4) is 0 Å². The van der Waals surface area contributed by atoms with Gasteiger partial charge in [-0.15, -0.1) is 11.8 Å². The van der Waals surface area contributed by atoms with Gasteiger partial charge in [0, 0.05) is 38.5 Å². The minimum Gasteiger partial charge on any atom is -0.358 e. The third-order valence-corrected chi connectivity index (χ3v) is 5.40. The maximum Gasteiger partial charge on any atom is 0.406 e. The third-order valence-electron chi connectivity index (χ3n) is 4.11. The van der Waals surface area contributed by atoms with Gasteiger partial charge in [-0.05, 0) is 34.9 Å². The first-order valence-electron chi connectivity index (χ1n) is 7.56. The van der Waals surface area contributed by atoms with Crippen LogP contribution in [0.4, 0.5) is 11.6 Å². The van der Waals surface area contributed by atoms with E-state index in [0.29, 0.717) is 16.9 Å². The summed E-state index contributed by atoms with van der Waals surface area (Å²) < 4.78 is 1.81. The van der Waals surface area contributed by atoms with Crippen LogP contribution in [-0.2, 0) is 7.05 Å². The Labute approximate surface area is 138 Å². The lowest BCUT2D eigenvalue weighted by atomic mass is 10.1. The Bertz CT molecular complexity index is 695. The number of aromatic nitrogens is 3. The number of aryl methyl sites for hydroxylation is 1. The van der Waals surface area contributed by atoms with Crippen molar-refractivity contribution in [1.29, 1.82) is 0 Å². The van der Waals surface area contributed by atoms with Crippen LogP contribution < -0.4 is 4.90 Å². The molecule has 7 nitrogen and oxygen atoms in total. The second kappa shape index (κ2) is 6.57. The summed E-state index contributed by atoms with van der Waals surface area (Å²) in [6.45, 7) is 3.38. The van der Waals surface area contributed by atoms with Crippen molar-refractivity contribution in [2.45, 2.75) is 30.0 Å². The number of nitro groups is 1. The van der Waals surface area contributed by atoms with Crippen LogP contribution in [0.2, 0.25) is 0 Å². The van der Waals surface area contributed by atoms with Gasteiger partial charge < -0.3 is 15.0 Å². The lowest BCUT2D eigenvalue weighted by Gasteiger charge is -2.32. The molecule has 0 radical (unpaired) electrons. The maximum atomic E-state index is 11.2. The quantitative estimate of drug-likeness (QED) is 0.632. The van der Waals surface area contributed by atoms with E-state index in [0.717, 1.165) is 31.0 Å². The van der Waals surface area contributed by atoms with E-state index in [-0.39, 0.29) is 5.82 Å².